The highest BCUT2D eigenvalue weighted by Crippen LogP contribution is 2.11. The molecule has 3 aromatic rings. The van der Waals surface area contributed by atoms with Gasteiger partial charge in [-0.05, 0) is 34.7 Å². The monoisotopic (exact) mass is 593 g/mol. The van der Waals surface area contributed by atoms with Crippen LogP contribution in [-0.4, -0.2) is 50.4 Å². The zero-order chi connectivity index (χ0) is 30.7. The van der Waals surface area contributed by atoms with Gasteiger partial charge in [-0.15, -0.1) is 0 Å². The maximum Gasteiger partial charge on any atom is 0.408 e. The highest BCUT2D eigenvalue weighted by atomic mass is 32.2. The van der Waals surface area contributed by atoms with Crippen molar-refractivity contribution in [2.24, 2.45) is 5.92 Å². The molecule has 0 radical (unpaired) electrons. The van der Waals surface area contributed by atoms with E-state index in [2.05, 4.69) is 16.0 Å². The maximum atomic E-state index is 13.4. The van der Waals surface area contributed by atoms with Crippen LogP contribution in [0.15, 0.2) is 89.8 Å². The summed E-state index contributed by atoms with van der Waals surface area (Å²) in [7, 11) is -3.36. The average molecular weight is 594 g/mol. The van der Waals surface area contributed by atoms with Crippen molar-refractivity contribution >= 4 is 33.5 Å². The molecule has 0 heterocycles. The first-order valence-electron chi connectivity index (χ1n) is 13.4. The lowest BCUT2D eigenvalue weighted by Gasteiger charge is -2.24. The van der Waals surface area contributed by atoms with Gasteiger partial charge in [0.15, 0.2) is 9.84 Å². The number of Topliss-reactive ketones (excluding diaryl/α,β-unsaturated/α-hetero) is 1. The first-order valence-corrected chi connectivity index (χ1v) is 15.3. The summed E-state index contributed by atoms with van der Waals surface area (Å²) in [6, 6.07) is 21.8. The first-order chi connectivity index (χ1) is 19.9. The second-order valence-electron chi connectivity index (χ2n) is 10.1. The molecule has 0 aliphatic heterocycles. The van der Waals surface area contributed by atoms with Crippen molar-refractivity contribution in [2.45, 2.75) is 50.4 Å². The molecule has 42 heavy (non-hydrogen) atoms. The van der Waals surface area contributed by atoms with Crippen molar-refractivity contribution < 1.29 is 32.3 Å². The summed E-state index contributed by atoms with van der Waals surface area (Å²) in [5.41, 5.74) is 2.14. The van der Waals surface area contributed by atoms with E-state index in [1.54, 1.807) is 62.4 Å². The van der Waals surface area contributed by atoms with Crippen molar-refractivity contribution in [2.75, 3.05) is 6.26 Å². The van der Waals surface area contributed by atoms with Gasteiger partial charge in [0, 0.05) is 19.2 Å². The number of ether oxygens (including phenoxy) is 1. The van der Waals surface area contributed by atoms with Crippen molar-refractivity contribution in [3.8, 4) is 0 Å². The number of carbonyl (C=O) groups excluding carboxylic acids is 4. The zero-order valence-electron chi connectivity index (χ0n) is 23.7. The van der Waals surface area contributed by atoms with Gasteiger partial charge in [0.05, 0.1) is 10.9 Å². The summed E-state index contributed by atoms with van der Waals surface area (Å²) in [5, 5.41) is 7.73. The quantitative estimate of drug-likeness (QED) is 0.258. The van der Waals surface area contributed by atoms with Crippen LogP contribution < -0.4 is 16.0 Å². The summed E-state index contributed by atoms with van der Waals surface area (Å²) in [5.74, 6) is -2.84. The minimum Gasteiger partial charge on any atom is -0.445 e. The molecule has 0 aliphatic rings. The second-order valence-corrected chi connectivity index (χ2v) is 12.2. The number of ketones is 1. The van der Waals surface area contributed by atoms with Gasteiger partial charge in [0.25, 0.3) is 5.91 Å². The van der Waals surface area contributed by atoms with E-state index in [4.69, 9.17) is 4.74 Å². The summed E-state index contributed by atoms with van der Waals surface area (Å²) < 4.78 is 28.6. The Morgan fingerprint density at radius 3 is 1.88 bits per heavy atom. The topological polar surface area (TPSA) is 148 Å². The molecule has 0 saturated heterocycles. The van der Waals surface area contributed by atoms with Crippen LogP contribution in [0.2, 0.25) is 0 Å². The number of carbonyl (C=O) groups is 4. The van der Waals surface area contributed by atoms with Crippen molar-refractivity contribution in [3.05, 3.63) is 102 Å². The van der Waals surface area contributed by atoms with Crippen molar-refractivity contribution in [3.63, 3.8) is 0 Å². The zero-order valence-corrected chi connectivity index (χ0v) is 24.5. The first kappa shape index (κ1) is 32.0. The lowest BCUT2D eigenvalue weighted by molar-refractivity contribution is -0.141. The Hall–Kier alpha value is -4.51. The molecule has 0 bridgehead atoms. The summed E-state index contributed by atoms with van der Waals surface area (Å²) in [6.45, 7) is 3.37. The molecular formula is C31H35N3O7S. The molecule has 0 saturated carbocycles. The minimum absolute atomic E-state index is 0.0105. The SMILES string of the molecule is CC(C)[C@H](NC(=O)[C@H](Cc1ccccc1)NC(=O)OCc1ccccc1)C(=O)C(=O)NCc1ccc(S(C)(=O)=O)cc1. The molecule has 0 aromatic heterocycles. The summed E-state index contributed by atoms with van der Waals surface area (Å²) in [6.07, 6.45) is 0.417. The van der Waals surface area contributed by atoms with Crippen LogP contribution in [0.25, 0.3) is 0 Å². The largest absolute Gasteiger partial charge is 0.445 e. The molecule has 0 fully saturated rings. The highest BCUT2D eigenvalue weighted by molar-refractivity contribution is 7.90. The van der Waals surface area contributed by atoms with Crippen molar-refractivity contribution in [1.29, 1.82) is 0 Å². The standard InChI is InChI=1S/C31H35N3O7S/c1-21(2)27(28(35)30(37)32-19-23-14-16-25(17-15-23)42(3,39)40)34-29(36)26(18-22-10-6-4-7-11-22)33-31(38)41-20-24-12-8-5-9-13-24/h4-17,21,26-27H,18-20H2,1-3H3,(H,32,37)(H,33,38)(H,34,36)/t26-,27-/m0/s1. The molecule has 222 valence electrons. The molecule has 11 heteroatoms. The number of alkyl carbamates (subject to hydrolysis) is 1. The molecule has 10 nitrogen and oxygen atoms in total. The van der Waals surface area contributed by atoms with Gasteiger partial charge < -0.3 is 20.7 Å². The summed E-state index contributed by atoms with van der Waals surface area (Å²) in [4.78, 5) is 51.9. The molecule has 0 aliphatic carbocycles. The summed E-state index contributed by atoms with van der Waals surface area (Å²) >= 11 is 0. The van der Waals surface area contributed by atoms with E-state index < -0.39 is 51.5 Å². The van der Waals surface area contributed by atoms with Gasteiger partial charge in [-0.3, -0.25) is 14.4 Å². The fourth-order valence-electron chi connectivity index (χ4n) is 4.02. The molecule has 3 N–H and O–H groups in total. The molecule has 3 aromatic carbocycles. The lowest BCUT2D eigenvalue weighted by Crippen LogP contribution is -2.56. The molecule has 0 spiro atoms. The molecule has 0 unspecified atom stereocenters. The van der Waals surface area contributed by atoms with E-state index in [1.807, 2.05) is 24.3 Å². The van der Waals surface area contributed by atoms with Gasteiger partial charge in [0.1, 0.15) is 12.6 Å². The third kappa shape index (κ3) is 9.84. The van der Waals surface area contributed by atoms with Crippen LogP contribution >= 0.6 is 0 Å². The third-order valence-electron chi connectivity index (χ3n) is 6.38. The molecule has 3 amide bonds. The Balaban J connectivity index is 1.66. The van der Waals surface area contributed by atoms with E-state index in [-0.39, 0.29) is 24.5 Å². The van der Waals surface area contributed by atoms with Gasteiger partial charge in [-0.2, -0.15) is 0 Å². The van der Waals surface area contributed by atoms with E-state index in [0.717, 1.165) is 17.4 Å². The predicted molar refractivity (Wildman–Crippen MR) is 157 cm³/mol. The molecule has 2 atom stereocenters. The van der Waals surface area contributed by atoms with Crippen LogP contribution in [0, 0.1) is 5.92 Å². The van der Waals surface area contributed by atoms with E-state index in [9.17, 15) is 27.6 Å². The molecular weight excluding hydrogens is 558 g/mol. The fraction of sp³-hybridized carbons (Fsp3) is 0.290. The number of amides is 3. The lowest BCUT2D eigenvalue weighted by atomic mass is 9.97. The number of rotatable bonds is 13. The number of nitrogens with one attached hydrogen (secondary N) is 3. The predicted octanol–water partition coefficient (Wildman–Crippen LogP) is 2.95. The number of hydrogen-bond acceptors (Lipinski definition) is 7. The Labute approximate surface area is 245 Å². The van der Waals surface area contributed by atoms with Crippen LogP contribution in [0.4, 0.5) is 4.79 Å². The van der Waals surface area contributed by atoms with Crippen LogP contribution in [0.1, 0.15) is 30.5 Å². The highest BCUT2D eigenvalue weighted by Gasteiger charge is 2.32. The fourth-order valence-corrected chi connectivity index (χ4v) is 4.65. The van der Waals surface area contributed by atoms with Crippen LogP contribution in [0.5, 0.6) is 0 Å². The van der Waals surface area contributed by atoms with Gasteiger partial charge in [-0.25, -0.2) is 13.2 Å². The van der Waals surface area contributed by atoms with Gasteiger partial charge in [0.2, 0.25) is 11.7 Å². The van der Waals surface area contributed by atoms with Crippen molar-refractivity contribution in [1.82, 2.24) is 16.0 Å². The number of sulfone groups is 1. The Morgan fingerprint density at radius 2 is 1.33 bits per heavy atom. The third-order valence-corrected chi connectivity index (χ3v) is 7.51. The minimum atomic E-state index is -3.36. The second kappa shape index (κ2) is 14.9. The van der Waals surface area contributed by atoms with Crippen LogP contribution in [-0.2, 0) is 48.5 Å². The van der Waals surface area contributed by atoms with E-state index >= 15 is 0 Å². The Kier molecular flexibility index (Phi) is 11.4. The van der Waals surface area contributed by atoms with E-state index in [1.165, 1.54) is 12.1 Å². The van der Waals surface area contributed by atoms with E-state index in [0.29, 0.717) is 5.56 Å². The smallest absolute Gasteiger partial charge is 0.408 e. The molecule has 3 rings (SSSR count). The average Bonchev–Trinajstić information content (AvgIpc) is 2.97. The Morgan fingerprint density at radius 1 is 0.762 bits per heavy atom. The maximum absolute atomic E-state index is 13.4. The normalized spacial score (nSPS) is 12.6. The van der Waals surface area contributed by atoms with Gasteiger partial charge >= 0.3 is 6.09 Å². The van der Waals surface area contributed by atoms with Gasteiger partial charge in [-0.1, -0.05) is 86.6 Å². The Bertz CT molecular complexity index is 1480. The number of benzene rings is 3. The van der Waals surface area contributed by atoms with Crippen LogP contribution in [0.3, 0.4) is 0 Å². The number of hydrogen-bond donors (Lipinski definition) is 3.